The summed E-state index contributed by atoms with van der Waals surface area (Å²) in [6, 6.07) is 12.3. The molecule has 1 aliphatic rings. The Kier molecular flexibility index (Phi) is 6.98. The molecule has 3 rings (SSSR count). The smallest absolute Gasteiger partial charge is 0.247 e. The van der Waals surface area contributed by atoms with E-state index in [9.17, 15) is 9.59 Å². The minimum atomic E-state index is -0.596. The summed E-state index contributed by atoms with van der Waals surface area (Å²) in [5.74, 6) is 0.716. The first-order chi connectivity index (χ1) is 14.3. The van der Waals surface area contributed by atoms with Crippen LogP contribution in [-0.2, 0) is 9.59 Å². The van der Waals surface area contributed by atoms with Gasteiger partial charge in [0.2, 0.25) is 11.8 Å². The van der Waals surface area contributed by atoms with E-state index in [2.05, 4.69) is 4.98 Å². The summed E-state index contributed by atoms with van der Waals surface area (Å²) in [7, 11) is 0. The second kappa shape index (κ2) is 9.47. The highest BCUT2D eigenvalue weighted by molar-refractivity contribution is 6.30. The minimum absolute atomic E-state index is 0.0280. The topological polar surface area (TPSA) is 56.8 Å². The number of aromatic nitrogens is 1. The normalized spacial score (nSPS) is 18.1. The molecule has 1 aromatic carbocycles. The molecule has 1 aromatic heterocycles. The predicted octanol–water partition coefficient (Wildman–Crippen LogP) is 3.77. The van der Waals surface area contributed by atoms with Crippen molar-refractivity contribution in [2.75, 3.05) is 24.5 Å². The minimum Gasteiger partial charge on any atom is -0.354 e. The number of piperazine rings is 1. The summed E-state index contributed by atoms with van der Waals surface area (Å²) in [4.78, 5) is 36.6. The van der Waals surface area contributed by atoms with Crippen LogP contribution in [0, 0.1) is 0 Å². The zero-order valence-electron chi connectivity index (χ0n) is 18.0. The molecule has 1 fully saturated rings. The van der Waals surface area contributed by atoms with Gasteiger partial charge in [0.15, 0.2) is 0 Å². The van der Waals surface area contributed by atoms with Crippen molar-refractivity contribution in [3.8, 4) is 0 Å². The summed E-state index contributed by atoms with van der Waals surface area (Å²) in [6.07, 6.45) is 1.74. The Hall–Kier alpha value is -2.60. The summed E-state index contributed by atoms with van der Waals surface area (Å²) >= 11 is 6.04. The number of carbonyl (C=O) groups excluding carboxylic acids is 2. The maximum absolute atomic E-state index is 13.5. The Morgan fingerprint density at radius 3 is 2.40 bits per heavy atom. The highest BCUT2D eigenvalue weighted by Gasteiger charge is 2.43. The molecule has 2 heterocycles. The van der Waals surface area contributed by atoms with Gasteiger partial charge in [-0.3, -0.25) is 9.59 Å². The average Bonchev–Trinajstić information content (AvgIpc) is 2.74. The molecule has 0 spiro atoms. The van der Waals surface area contributed by atoms with Gasteiger partial charge in [0, 0.05) is 30.4 Å². The van der Waals surface area contributed by atoms with Crippen molar-refractivity contribution in [2.45, 2.75) is 45.8 Å². The molecule has 0 N–H and O–H groups in total. The zero-order valence-corrected chi connectivity index (χ0v) is 18.7. The number of benzene rings is 1. The lowest BCUT2D eigenvalue weighted by molar-refractivity contribution is -0.159. The van der Waals surface area contributed by atoms with Crippen LogP contribution < -0.4 is 4.90 Å². The standard InChI is InChI=1S/C23H29ClN4O2/c1-5-26(21-8-6-7-13-25-21)14-20-23(30)27(16(2)3)15-22(29)28(20)17(4)18-9-11-19(24)12-10-18/h6-13,16-17,20H,5,14-15H2,1-4H3. The lowest BCUT2D eigenvalue weighted by Crippen LogP contribution is -2.64. The molecule has 2 aromatic rings. The molecule has 160 valence electrons. The van der Waals surface area contributed by atoms with Crippen LogP contribution in [0.15, 0.2) is 48.7 Å². The third-order valence-corrected chi connectivity index (χ3v) is 5.89. The first-order valence-corrected chi connectivity index (χ1v) is 10.7. The number of likely N-dealkylation sites (N-methyl/N-ethyl adjacent to an activating group) is 1. The van der Waals surface area contributed by atoms with Crippen LogP contribution >= 0.6 is 11.6 Å². The Labute approximate surface area is 183 Å². The first kappa shape index (κ1) is 22.1. The lowest BCUT2D eigenvalue weighted by Gasteiger charge is -2.46. The lowest BCUT2D eigenvalue weighted by atomic mass is 10.0. The third kappa shape index (κ3) is 4.59. The number of anilines is 1. The fraction of sp³-hybridized carbons (Fsp3) is 0.435. The largest absolute Gasteiger partial charge is 0.354 e. The van der Waals surface area contributed by atoms with Gasteiger partial charge in [-0.05, 0) is 57.5 Å². The van der Waals surface area contributed by atoms with E-state index in [1.807, 2.05) is 75.1 Å². The summed E-state index contributed by atoms with van der Waals surface area (Å²) in [5, 5.41) is 0.641. The van der Waals surface area contributed by atoms with Crippen molar-refractivity contribution >= 4 is 29.2 Å². The van der Waals surface area contributed by atoms with Crippen LogP contribution in [0.3, 0.4) is 0 Å². The Morgan fingerprint density at radius 2 is 1.83 bits per heavy atom. The maximum atomic E-state index is 13.5. The molecule has 7 heteroatoms. The van der Waals surface area contributed by atoms with E-state index in [0.29, 0.717) is 18.1 Å². The maximum Gasteiger partial charge on any atom is 0.247 e. The second-order valence-corrected chi connectivity index (χ2v) is 8.27. The summed E-state index contributed by atoms with van der Waals surface area (Å²) < 4.78 is 0. The molecule has 0 bridgehead atoms. The Bertz CT molecular complexity index is 873. The SMILES string of the molecule is CCN(CC1C(=O)N(C(C)C)CC(=O)N1C(C)c1ccc(Cl)cc1)c1ccccn1. The number of pyridine rings is 1. The van der Waals surface area contributed by atoms with E-state index in [4.69, 9.17) is 11.6 Å². The number of rotatable bonds is 7. The second-order valence-electron chi connectivity index (χ2n) is 7.83. The molecule has 2 atom stereocenters. The van der Waals surface area contributed by atoms with Gasteiger partial charge in [0.1, 0.15) is 18.4 Å². The molecule has 1 saturated heterocycles. The number of hydrogen-bond acceptors (Lipinski definition) is 4. The van der Waals surface area contributed by atoms with Gasteiger partial charge in [-0.25, -0.2) is 4.98 Å². The van der Waals surface area contributed by atoms with E-state index in [1.54, 1.807) is 16.0 Å². The number of hydrogen-bond donors (Lipinski definition) is 0. The quantitative estimate of drug-likeness (QED) is 0.673. The Morgan fingerprint density at radius 1 is 1.13 bits per heavy atom. The molecule has 6 nitrogen and oxygen atoms in total. The van der Waals surface area contributed by atoms with E-state index in [0.717, 1.165) is 11.4 Å². The van der Waals surface area contributed by atoms with E-state index >= 15 is 0 Å². The summed E-state index contributed by atoms with van der Waals surface area (Å²) in [5.41, 5.74) is 0.949. The molecule has 30 heavy (non-hydrogen) atoms. The van der Waals surface area contributed by atoms with Crippen molar-refractivity contribution in [1.29, 1.82) is 0 Å². The number of amides is 2. The van der Waals surface area contributed by atoms with Gasteiger partial charge in [0.05, 0.1) is 6.04 Å². The van der Waals surface area contributed by atoms with Crippen LogP contribution in [0.2, 0.25) is 5.02 Å². The highest BCUT2D eigenvalue weighted by Crippen LogP contribution is 2.29. The number of halogens is 1. The van der Waals surface area contributed by atoms with Gasteiger partial charge < -0.3 is 14.7 Å². The van der Waals surface area contributed by atoms with Gasteiger partial charge >= 0.3 is 0 Å². The molecule has 2 unspecified atom stereocenters. The number of nitrogens with zero attached hydrogens (tertiary/aromatic N) is 4. The molecular formula is C23H29ClN4O2. The predicted molar refractivity (Wildman–Crippen MR) is 119 cm³/mol. The van der Waals surface area contributed by atoms with Gasteiger partial charge in [-0.1, -0.05) is 29.8 Å². The van der Waals surface area contributed by atoms with Crippen molar-refractivity contribution < 1.29 is 9.59 Å². The molecule has 1 aliphatic heterocycles. The van der Waals surface area contributed by atoms with E-state index in [1.165, 1.54) is 0 Å². The summed E-state index contributed by atoms with van der Waals surface area (Å²) in [6.45, 7) is 9.04. The molecule has 0 saturated carbocycles. The van der Waals surface area contributed by atoms with Crippen LogP contribution in [0.5, 0.6) is 0 Å². The monoisotopic (exact) mass is 428 g/mol. The average molecular weight is 429 g/mol. The van der Waals surface area contributed by atoms with Crippen LogP contribution in [0.4, 0.5) is 5.82 Å². The van der Waals surface area contributed by atoms with Crippen molar-refractivity contribution in [3.05, 3.63) is 59.2 Å². The van der Waals surface area contributed by atoms with Crippen molar-refractivity contribution in [2.24, 2.45) is 0 Å². The third-order valence-electron chi connectivity index (χ3n) is 5.64. The van der Waals surface area contributed by atoms with E-state index < -0.39 is 6.04 Å². The fourth-order valence-electron chi connectivity index (χ4n) is 3.91. The molecule has 0 radical (unpaired) electrons. The van der Waals surface area contributed by atoms with E-state index in [-0.39, 0.29) is 30.4 Å². The van der Waals surface area contributed by atoms with Crippen molar-refractivity contribution in [3.63, 3.8) is 0 Å². The molecule has 0 aliphatic carbocycles. The molecule has 2 amide bonds. The highest BCUT2D eigenvalue weighted by atomic mass is 35.5. The van der Waals surface area contributed by atoms with Crippen LogP contribution in [-0.4, -0.2) is 58.3 Å². The fourth-order valence-corrected chi connectivity index (χ4v) is 4.04. The van der Waals surface area contributed by atoms with Gasteiger partial charge in [0.25, 0.3) is 0 Å². The van der Waals surface area contributed by atoms with Crippen molar-refractivity contribution in [1.82, 2.24) is 14.8 Å². The first-order valence-electron chi connectivity index (χ1n) is 10.4. The van der Waals surface area contributed by atoms with Gasteiger partial charge in [-0.15, -0.1) is 0 Å². The zero-order chi connectivity index (χ0) is 21.8. The van der Waals surface area contributed by atoms with Gasteiger partial charge in [-0.2, -0.15) is 0 Å². The Balaban J connectivity index is 1.96. The molecular weight excluding hydrogens is 400 g/mol. The van der Waals surface area contributed by atoms with Crippen LogP contribution in [0.1, 0.15) is 39.3 Å². The van der Waals surface area contributed by atoms with Crippen LogP contribution in [0.25, 0.3) is 0 Å². The number of carbonyl (C=O) groups is 2.